The van der Waals surface area contributed by atoms with Crippen LogP contribution in [-0.4, -0.2) is 35.0 Å². The van der Waals surface area contributed by atoms with E-state index in [0.717, 1.165) is 5.56 Å². The van der Waals surface area contributed by atoms with Crippen LogP contribution in [0.3, 0.4) is 0 Å². The molecule has 0 spiro atoms. The molecule has 138 valence electrons. The number of hydrogen-bond acceptors (Lipinski definition) is 4. The summed E-state index contributed by atoms with van der Waals surface area (Å²) in [6, 6.07) is 10.1. The van der Waals surface area contributed by atoms with Gasteiger partial charge in [-0.25, -0.2) is 0 Å². The molecule has 0 saturated heterocycles. The Kier molecular flexibility index (Phi) is 4.72. The predicted octanol–water partition coefficient (Wildman–Crippen LogP) is 2.80. The monoisotopic (exact) mass is 395 g/mol. The second-order valence-electron chi connectivity index (χ2n) is 5.89. The van der Waals surface area contributed by atoms with E-state index in [-0.39, 0.29) is 12.5 Å². The van der Waals surface area contributed by atoms with E-state index in [1.165, 1.54) is 22.7 Å². The van der Waals surface area contributed by atoms with Gasteiger partial charge in [0.15, 0.2) is 6.61 Å². The largest absolute Gasteiger partial charge is 0.484 e. The summed E-state index contributed by atoms with van der Waals surface area (Å²) in [5.74, 6) is 0.183. The van der Waals surface area contributed by atoms with Gasteiger partial charge in [-0.05, 0) is 48.9 Å². The Labute approximate surface area is 157 Å². The zero-order valence-electron chi connectivity index (χ0n) is 14.5. The average Bonchev–Trinajstić information content (AvgIpc) is 2.76. The van der Waals surface area contributed by atoms with Gasteiger partial charge in [0.05, 0.1) is 11.4 Å². The zero-order valence-corrected chi connectivity index (χ0v) is 16.1. The van der Waals surface area contributed by atoms with Crippen molar-refractivity contribution in [2.75, 3.05) is 34.6 Å². The van der Waals surface area contributed by atoms with Crippen LogP contribution < -0.4 is 18.7 Å². The summed E-state index contributed by atoms with van der Waals surface area (Å²) in [5, 5.41) is 3.34. The Morgan fingerprint density at radius 3 is 2.31 bits per heavy atom. The van der Waals surface area contributed by atoms with Crippen molar-refractivity contribution in [2.45, 2.75) is 6.92 Å². The molecule has 1 heterocycles. The van der Waals surface area contributed by atoms with Crippen LogP contribution in [0.4, 0.5) is 17.1 Å². The maximum absolute atomic E-state index is 12.2. The molecule has 9 heteroatoms. The van der Waals surface area contributed by atoms with Gasteiger partial charge in [-0.2, -0.15) is 8.42 Å². The number of benzene rings is 2. The molecule has 0 radical (unpaired) electrons. The maximum Gasteiger partial charge on any atom is 0.326 e. The van der Waals surface area contributed by atoms with Crippen molar-refractivity contribution in [3.63, 3.8) is 0 Å². The minimum Gasteiger partial charge on any atom is -0.484 e. The second kappa shape index (κ2) is 6.69. The second-order valence-corrected chi connectivity index (χ2v) is 8.32. The Bertz CT molecular complexity index is 961. The summed E-state index contributed by atoms with van der Waals surface area (Å²) in [5.41, 5.74) is 2.36. The average molecular weight is 396 g/mol. The van der Waals surface area contributed by atoms with Crippen molar-refractivity contribution in [3.8, 4) is 5.75 Å². The summed E-state index contributed by atoms with van der Waals surface area (Å²) in [6.45, 7) is 1.63. The number of carbonyl (C=O) groups is 1. The normalized spacial score (nSPS) is 14.9. The number of hydrogen-bond donors (Lipinski definition) is 1. The number of aryl methyl sites for hydroxylation is 1. The van der Waals surface area contributed by atoms with Crippen molar-refractivity contribution in [3.05, 3.63) is 47.0 Å². The van der Waals surface area contributed by atoms with Crippen molar-refractivity contribution >= 4 is 44.8 Å². The lowest BCUT2D eigenvalue weighted by atomic mass is 10.1. The highest BCUT2D eigenvalue weighted by molar-refractivity contribution is 7.94. The lowest BCUT2D eigenvalue weighted by molar-refractivity contribution is -0.118. The van der Waals surface area contributed by atoms with Crippen molar-refractivity contribution in [1.82, 2.24) is 0 Å². The fraction of sp³-hybridized carbons (Fsp3) is 0.235. The van der Waals surface area contributed by atoms with Crippen molar-refractivity contribution in [1.29, 1.82) is 0 Å². The highest BCUT2D eigenvalue weighted by Crippen LogP contribution is 2.41. The van der Waals surface area contributed by atoms with Gasteiger partial charge in [0.1, 0.15) is 5.75 Å². The lowest BCUT2D eigenvalue weighted by Crippen LogP contribution is -2.32. The van der Waals surface area contributed by atoms with Gasteiger partial charge in [0, 0.05) is 24.8 Å². The van der Waals surface area contributed by atoms with Gasteiger partial charge < -0.3 is 10.1 Å². The van der Waals surface area contributed by atoms with E-state index in [0.29, 0.717) is 27.8 Å². The minimum absolute atomic E-state index is 0.174. The molecule has 1 aliphatic heterocycles. The number of anilines is 3. The molecule has 26 heavy (non-hydrogen) atoms. The molecular formula is C17H18ClN3O4S. The molecule has 0 aliphatic carbocycles. The fourth-order valence-electron chi connectivity index (χ4n) is 2.62. The fourth-order valence-corrected chi connectivity index (χ4v) is 3.90. The molecule has 1 aliphatic rings. The molecule has 1 amide bonds. The van der Waals surface area contributed by atoms with Gasteiger partial charge >= 0.3 is 10.2 Å². The number of nitrogens with one attached hydrogen (secondary N) is 1. The standard InChI is InChI=1S/C17H18ClN3O4S/c1-11-8-15-16(21(3)26(23,24)20(15)2)9-14(11)19-17(22)10-25-13-6-4-12(18)5-7-13/h4-9H,10H2,1-3H3,(H,19,22). The number of ether oxygens (including phenoxy) is 1. The van der Waals surface area contributed by atoms with Crippen LogP contribution in [0, 0.1) is 6.92 Å². The highest BCUT2D eigenvalue weighted by atomic mass is 35.5. The highest BCUT2D eigenvalue weighted by Gasteiger charge is 2.35. The van der Waals surface area contributed by atoms with E-state index in [2.05, 4.69) is 5.32 Å². The van der Waals surface area contributed by atoms with E-state index in [9.17, 15) is 13.2 Å². The molecule has 0 unspecified atom stereocenters. The Balaban J connectivity index is 1.74. The molecule has 0 bridgehead atoms. The van der Waals surface area contributed by atoms with Crippen molar-refractivity contribution in [2.24, 2.45) is 0 Å². The quantitative estimate of drug-likeness (QED) is 0.863. The predicted molar refractivity (Wildman–Crippen MR) is 102 cm³/mol. The molecule has 0 atom stereocenters. The molecule has 1 N–H and O–H groups in total. The third-order valence-corrected chi connectivity index (χ3v) is 6.18. The molecule has 0 fully saturated rings. The minimum atomic E-state index is -3.56. The van der Waals surface area contributed by atoms with Gasteiger partial charge in [-0.15, -0.1) is 0 Å². The first-order valence-electron chi connectivity index (χ1n) is 7.76. The van der Waals surface area contributed by atoms with E-state index in [1.54, 1.807) is 43.3 Å². The number of rotatable bonds is 4. The van der Waals surface area contributed by atoms with Crippen LogP contribution in [-0.2, 0) is 15.0 Å². The number of amides is 1. The first kappa shape index (κ1) is 18.3. The number of fused-ring (bicyclic) bond motifs is 1. The Morgan fingerprint density at radius 2 is 1.69 bits per heavy atom. The molecule has 2 aromatic carbocycles. The first-order chi connectivity index (χ1) is 12.2. The van der Waals surface area contributed by atoms with Crippen LogP contribution in [0.1, 0.15) is 5.56 Å². The van der Waals surface area contributed by atoms with Crippen LogP contribution in [0.5, 0.6) is 5.75 Å². The van der Waals surface area contributed by atoms with Gasteiger partial charge in [-0.3, -0.25) is 13.4 Å². The van der Waals surface area contributed by atoms with E-state index in [1.807, 2.05) is 0 Å². The van der Waals surface area contributed by atoms with E-state index >= 15 is 0 Å². The Hall–Kier alpha value is -2.45. The summed E-state index contributed by atoms with van der Waals surface area (Å²) in [7, 11) is -0.586. The van der Waals surface area contributed by atoms with Gasteiger partial charge in [-0.1, -0.05) is 11.6 Å². The molecule has 7 nitrogen and oxygen atoms in total. The van der Waals surface area contributed by atoms with Crippen LogP contribution in [0.15, 0.2) is 36.4 Å². The molecular weight excluding hydrogens is 378 g/mol. The molecule has 0 saturated carbocycles. The third kappa shape index (κ3) is 3.30. The topological polar surface area (TPSA) is 79.0 Å². The molecule has 2 aromatic rings. The van der Waals surface area contributed by atoms with E-state index < -0.39 is 10.2 Å². The van der Waals surface area contributed by atoms with Gasteiger partial charge in [0.25, 0.3) is 5.91 Å². The first-order valence-corrected chi connectivity index (χ1v) is 9.53. The summed E-state index contributed by atoms with van der Waals surface area (Å²) >= 11 is 5.80. The zero-order chi connectivity index (χ0) is 19.1. The number of nitrogens with zero attached hydrogens (tertiary/aromatic N) is 2. The van der Waals surface area contributed by atoms with Crippen LogP contribution in [0.2, 0.25) is 5.02 Å². The summed E-state index contributed by atoms with van der Waals surface area (Å²) in [4.78, 5) is 12.2. The smallest absolute Gasteiger partial charge is 0.326 e. The Morgan fingerprint density at radius 1 is 1.12 bits per heavy atom. The van der Waals surface area contributed by atoms with Crippen molar-refractivity contribution < 1.29 is 17.9 Å². The number of halogens is 1. The SMILES string of the molecule is Cc1cc2c(cc1NC(=O)COc1ccc(Cl)cc1)N(C)S(=O)(=O)N2C. The summed E-state index contributed by atoms with van der Waals surface area (Å²) < 4.78 is 32.2. The lowest BCUT2D eigenvalue weighted by Gasteiger charge is -2.13. The molecule has 0 aromatic heterocycles. The number of carbonyl (C=O) groups excluding carboxylic acids is 1. The molecule has 3 rings (SSSR count). The van der Waals surface area contributed by atoms with E-state index in [4.69, 9.17) is 16.3 Å². The van der Waals surface area contributed by atoms with Crippen LogP contribution >= 0.6 is 11.6 Å². The third-order valence-electron chi connectivity index (χ3n) is 4.15. The van der Waals surface area contributed by atoms with Crippen LogP contribution in [0.25, 0.3) is 0 Å². The van der Waals surface area contributed by atoms with Gasteiger partial charge in [0.2, 0.25) is 0 Å². The summed E-state index contributed by atoms with van der Waals surface area (Å²) in [6.07, 6.45) is 0. The maximum atomic E-state index is 12.2.